The lowest BCUT2D eigenvalue weighted by molar-refractivity contribution is 0.570. The van der Waals surface area contributed by atoms with Crippen molar-refractivity contribution in [2.45, 2.75) is 33.4 Å². The number of guanidine groups is 1. The predicted octanol–water partition coefficient (Wildman–Crippen LogP) is 3.46. The molecule has 0 aliphatic heterocycles. The second-order valence-electron chi connectivity index (χ2n) is 6.14. The zero-order valence-corrected chi connectivity index (χ0v) is 16.7. The van der Waals surface area contributed by atoms with E-state index in [1.807, 2.05) is 35.1 Å². The summed E-state index contributed by atoms with van der Waals surface area (Å²) in [7, 11) is 0. The molecule has 0 atom stereocenters. The van der Waals surface area contributed by atoms with Gasteiger partial charge < -0.3 is 10.6 Å². The lowest BCUT2D eigenvalue weighted by atomic mass is 10.2. The standard InChI is InChI=1S/C20H26N6S/c1-3-21-20(22-11-7-13-26-14-8-12-24-26)23-15-18-16(2)25-19(27-18)17-9-5-4-6-10-17/h4-6,8-10,12,14H,3,7,11,13,15H2,1-2H3,(H2,21,22,23). The molecule has 0 saturated heterocycles. The minimum atomic E-state index is 0.630. The van der Waals surface area contributed by atoms with Crippen LogP contribution in [-0.4, -0.2) is 33.8 Å². The molecule has 6 nitrogen and oxygen atoms in total. The largest absolute Gasteiger partial charge is 0.357 e. The predicted molar refractivity (Wildman–Crippen MR) is 112 cm³/mol. The highest BCUT2D eigenvalue weighted by Crippen LogP contribution is 2.28. The average Bonchev–Trinajstić information content (AvgIpc) is 3.33. The maximum atomic E-state index is 4.73. The summed E-state index contributed by atoms with van der Waals surface area (Å²) in [5.41, 5.74) is 2.21. The number of nitrogens with one attached hydrogen (secondary N) is 2. The number of thiazole rings is 1. The highest BCUT2D eigenvalue weighted by Gasteiger charge is 2.09. The van der Waals surface area contributed by atoms with Gasteiger partial charge in [0.05, 0.1) is 12.2 Å². The van der Waals surface area contributed by atoms with Gasteiger partial charge in [-0.05, 0) is 26.3 Å². The van der Waals surface area contributed by atoms with Gasteiger partial charge in [0.15, 0.2) is 5.96 Å². The Morgan fingerprint density at radius 1 is 1.19 bits per heavy atom. The molecule has 0 radical (unpaired) electrons. The van der Waals surface area contributed by atoms with Crippen molar-refractivity contribution in [3.05, 3.63) is 59.4 Å². The minimum absolute atomic E-state index is 0.630. The monoisotopic (exact) mass is 382 g/mol. The molecule has 7 heteroatoms. The van der Waals surface area contributed by atoms with Gasteiger partial charge in [0, 0.05) is 42.5 Å². The van der Waals surface area contributed by atoms with Gasteiger partial charge in [-0.3, -0.25) is 4.68 Å². The van der Waals surface area contributed by atoms with E-state index < -0.39 is 0 Å². The number of hydrogen-bond donors (Lipinski definition) is 2. The van der Waals surface area contributed by atoms with Gasteiger partial charge in [0.1, 0.15) is 5.01 Å². The van der Waals surface area contributed by atoms with Crippen molar-refractivity contribution in [1.29, 1.82) is 0 Å². The lowest BCUT2D eigenvalue weighted by Crippen LogP contribution is -2.38. The smallest absolute Gasteiger partial charge is 0.191 e. The molecular weight excluding hydrogens is 356 g/mol. The highest BCUT2D eigenvalue weighted by atomic mass is 32.1. The molecule has 0 fully saturated rings. The molecule has 142 valence electrons. The van der Waals surface area contributed by atoms with Crippen LogP contribution in [0.15, 0.2) is 53.8 Å². The van der Waals surface area contributed by atoms with E-state index in [2.05, 4.69) is 41.7 Å². The van der Waals surface area contributed by atoms with Crippen LogP contribution < -0.4 is 10.6 Å². The van der Waals surface area contributed by atoms with Gasteiger partial charge in [-0.15, -0.1) is 11.3 Å². The molecule has 27 heavy (non-hydrogen) atoms. The number of hydrogen-bond acceptors (Lipinski definition) is 4. The number of aliphatic imine (C=N–C) groups is 1. The molecule has 0 aliphatic carbocycles. The van der Waals surface area contributed by atoms with Crippen LogP contribution in [0.5, 0.6) is 0 Å². The number of nitrogens with zero attached hydrogens (tertiary/aromatic N) is 4. The third kappa shape index (κ3) is 5.65. The van der Waals surface area contributed by atoms with Crippen LogP contribution in [0.2, 0.25) is 0 Å². The summed E-state index contributed by atoms with van der Waals surface area (Å²) in [4.78, 5) is 10.6. The second kappa shape index (κ2) is 9.87. The molecule has 0 bridgehead atoms. The molecule has 0 aliphatic rings. The van der Waals surface area contributed by atoms with Gasteiger partial charge in [-0.25, -0.2) is 9.98 Å². The van der Waals surface area contributed by atoms with Crippen molar-refractivity contribution < 1.29 is 0 Å². The van der Waals surface area contributed by atoms with Gasteiger partial charge in [0.2, 0.25) is 0 Å². The van der Waals surface area contributed by atoms with Crippen LogP contribution in [0.25, 0.3) is 10.6 Å². The SMILES string of the molecule is CCNC(=NCc1sc(-c2ccccc2)nc1C)NCCCn1cccn1. The summed E-state index contributed by atoms with van der Waals surface area (Å²) in [6, 6.07) is 12.2. The number of aromatic nitrogens is 3. The van der Waals surface area contributed by atoms with E-state index in [-0.39, 0.29) is 0 Å². The molecule has 2 aromatic heterocycles. The van der Waals surface area contributed by atoms with E-state index in [1.165, 1.54) is 4.88 Å². The van der Waals surface area contributed by atoms with Crippen molar-refractivity contribution in [3.8, 4) is 10.6 Å². The van der Waals surface area contributed by atoms with Crippen molar-refractivity contribution in [1.82, 2.24) is 25.4 Å². The lowest BCUT2D eigenvalue weighted by Gasteiger charge is -2.11. The third-order valence-corrected chi connectivity index (χ3v) is 5.25. The molecule has 0 unspecified atom stereocenters. The summed E-state index contributed by atoms with van der Waals surface area (Å²) in [5, 5.41) is 12.0. The fourth-order valence-electron chi connectivity index (χ4n) is 2.65. The van der Waals surface area contributed by atoms with Crippen LogP contribution >= 0.6 is 11.3 Å². The van der Waals surface area contributed by atoms with Crippen LogP contribution in [0, 0.1) is 6.92 Å². The maximum Gasteiger partial charge on any atom is 0.191 e. The highest BCUT2D eigenvalue weighted by molar-refractivity contribution is 7.15. The first kappa shape index (κ1) is 19.1. The molecule has 0 amide bonds. The summed E-state index contributed by atoms with van der Waals surface area (Å²) in [6.07, 6.45) is 4.78. The molecule has 0 spiro atoms. The number of benzene rings is 1. The molecule has 3 aromatic rings. The summed E-state index contributed by atoms with van der Waals surface area (Å²) in [6.45, 7) is 7.34. The number of rotatable bonds is 8. The van der Waals surface area contributed by atoms with Crippen LogP contribution in [0.4, 0.5) is 0 Å². The quantitative estimate of drug-likeness (QED) is 0.356. The summed E-state index contributed by atoms with van der Waals surface area (Å²) in [5.74, 6) is 0.840. The van der Waals surface area contributed by atoms with Gasteiger partial charge in [0.25, 0.3) is 0 Å². The molecule has 3 rings (SSSR count). The van der Waals surface area contributed by atoms with E-state index in [0.717, 1.165) is 48.3 Å². The Morgan fingerprint density at radius 3 is 2.78 bits per heavy atom. The second-order valence-corrected chi connectivity index (χ2v) is 7.22. The molecule has 2 heterocycles. The Bertz CT molecular complexity index is 839. The first-order valence-corrected chi connectivity index (χ1v) is 10.1. The Balaban J connectivity index is 1.57. The zero-order chi connectivity index (χ0) is 18.9. The summed E-state index contributed by atoms with van der Waals surface area (Å²) < 4.78 is 1.94. The van der Waals surface area contributed by atoms with E-state index in [4.69, 9.17) is 9.98 Å². The van der Waals surface area contributed by atoms with Crippen molar-refractivity contribution in [3.63, 3.8) is 0 Å². The van der Waals surface area contributed by atoms with Crippen molar-refractivity contribution >= 4 is 17.3 Å². The fraction of sp³-hybridized carbons (Fsp3) is 0.350. The van der Waals surface area contributed by atoms with Crippen LogP contribution in [0.3, 0.4) is 0 Å². The maximum absolute atomic E-state index is 4.73. The van der Waals surface area contributed by atoms with E-state index >= 15 is 0 Å². The summed E-state index contributed by atoms with van der Waals surface area (Å²) >= 11 is 1.71. The first-order chi connectivity index (χ1) is 13.3. The van der Waals surface area contributed by atoms with Crippen LogP contribution in [0.1, 0.15) is 23.9 Å². The van der Waals surface area contributed by atoms with E-state index in [0.29, 0.717) is 6.54 Å². The molecule has 0 saturated carbocycles. The van der Waals surface area contributed by atoms with Crippen molar-refractivity contribution in [2.75, 3.05) is 13.1 Å². The third-order valence-electron chi connectivity index (χ3n) is 4.05. The average molecular weight is 383 g/mol. The van der Waals surface area contributed by atoms with E-state index in [1.54, 1.807) is 17.5 Å². The minimum Gasteiger partial charge on any atom is -0.357 e. The van der Waals surface area contributed by atoms with Gasteiger partial charge >= 0.3 is 0 Å². The first-order valence-electron chi connectivity index (χ1n) is 9.27. The normalized spacial score (nSPS) is 11.6. The van der Waals surface area contributed by atoms with Gasteiger partial charge in [-0.1, -0.05) is 30.3 Å². The molecule has 1 aromatic carbocycles. The zero-order valence-electron chi connectivity index (χ0n) is 15.9. The number of aryl methyl sites for hydroxylation is 2. The fourth-order valence-corrected chi connectivity index (χ4v) is 3.64. The van der Waals surface area contributed by atoms with Crippen LogP contribution in [-0.2, 0) is 13.1 Å². The Morgan fingerprint density at radius 2 is 2.04 bits per heavy atom. The van der Waals surface area contributed by atoms with Gasteiger partial charge in [-0.2, -0.15) is 5.10 Å². The Hall–Kier alpha value is -2.67. The Labute approximate surface area is 164 Å². The molecule has 2 N–H and O–H groups in total. The van der Waals surface area contributed by atoms with E-state index in [9.17, 15) is 0 Å². The topological polar surface area (TPSA) is 67.1 Å². The van der Waals surface area contributed by atoms with Crippen molar-refractivity contribution in [2.24, 2.45) is 4.99 Å². The molecular formula is C20H26N6S. The Kier molecular flexibility index (Phi) is 6.98.